The fraction of sp³-hybridized carbons (Fsp3) is 0.500. The molecule has 1 aromatic rings. The fourth-order valence-corrected chi connectivity index (χ4v) is 1.33. The van der Waals surface area contributed by atoms with Gasteiger partial charge in [-0.1, -0.05) is 0 Å². The Morgan fingerprint density at radius 1 is 1.07 bits per heavy atom. The minimum Gasteiger partial charge on any atom is -0.494 e. The maximum Gasteiger partial charge on any atom is 0.123 e. The van der Waals surface area contributed by atoms with Gasteiger partial charge in [0.1, 0.15) is 11.5 Å². The molecule has 3 nitrogen and oxygen atoms in total. The second kappa shape index (κ2) is 5.61. The Kier molecular flexibility index (Phi) is 4.43. The molecule has 1 aromatic carbocycles. The lowest BCUT2D eigenvalue weighted by atomic mass is 10.1. The van der Waals surface area contributed by atoms with Gasteiger partial charge < -0.3 is 14.6 Å². The molecule has 0 aromatic heterocycles. The summed E-state index contributed by atoms with van der Waals surface area (Å²) in [4.78, 5) is 0. The summed E-state index contributed by atoms with van der Waals surface area (Å²) in [5, 5.41) is 9.50. The number of benzene rings is 1. The van der Waals surface area contributed by atoms with Gasteiger partial charge >= 0.3 is 0 Å². The summed E-state index contributed by atoms with van der Waals surface area (Å²) < 4.78 is 10.8. The van der Waals surface area contributed by atoms with Crippen molar-refractivity contribution in [3.63, 3.8) is 0 Å². The van der Waals surface area contributed by atoms with Gasteiger partial charge in [-0.15, -0.1) is 0 Å². The monoisotopic (exact) mass is 210 g/mol. The van der Waals surface area contributed by atoms with E-state index in [0.717, 1.165) is 17.1 Å². The van der Waals surface area contributed by atoms with Crippen molar-refractivity contribution in [3.8, 4) is 11.5 Å². The fourth-order valence-electron chi connectivity index (χ4n) is 1.33. The molecule has 0 heterocycles. The van der Waals surface area contributed by atoms with Crippen molar-refractivity contribution in [3.05, 3.63) is 23.8 Å². The third-order valence-electron chi connectivity index (χ3n) is 2.01. The van der Waals surface area contributed by atoms with Crippen LogP contribution in [0.25, 0.3) is 0 Å². The van der Waals surface area contributed by atoms with Crippen molar-refractivity contribution in [2.24, 2.45) is 0 Å². The van der Waals surface area contributed by atoms with E-state index in [1.807, 2.05) is 32.0 Å². The van der Waals surface area contributed by atoms with Crippen LogP contribution in [-0.4, -0.2) is 18.3 Å². The van der Waals surface area contributed by atoms with Gasteiger partial charge in [0.2, 0.25) is 0 Å². The Morgan fingerprint density at radius 3 is 1.87 bits per heavy atom. The van der Waals surface area contributed by atoms with E-state index >= 15 is 0 Å². The van der Waals surface area contributed by atoms with E-state index in [1.54, 1.807) is 6.92 Å². The maximum atomic E-state index is 9.50. The summed E-state index contributed by atoms with van der Waals surface area (Å²) in [5.41, 5.74) is 0.810. The Morgan fingerprint density at radius 2 is 1.53 bits per heavy atom. The van der Waals surface area contributed by atoms with Crippen LogP contribution in [0.1, 0.15) is 32.4 Å². The molecule has 15 heavy (non-hydrogen) atoms. The van der Waals surface area contributed by atoms with Crippen molar-refractivity contribution in [2.75, 3.05) is 13.2 Å². The van der Waals surface area contributed by atoms with Crippen LogP contribution in [0.3, 0.4) is 0 Å². The molecule has 1 N–H and O–H groups in total. The first-order valence-corrected chi connectivity index (χ1v) is 5.26. The molecule has 0 aliphatic carbocycles. The summed E-state index contributed by atoms with van der Waals surface area (Å²) in [7, 11) is 0. The Bertz CT molecular complexity index is 283. The zero-order chi connectivity index (χ0) is 11.3. The van der Waals surface area contributed by atoms with Gasteiger partial charge in [-0.3, -0.25) is 0 Å². The van der Waals surface area contributed by atoms with E-state index in [9.17, 15) is 5.11 Å². The minimum atomic E-state index is -0.510. The van der Waals surface area contributed by atoms with Crippen LogP contribution >= 0.6 is 0 Å². The summed E-state index contributed by atoms with van der Waals surface area (Å²) in [6.07, 6.45) is -0.510. The average molecular weight is 210 g/mol. The quantitative estimate of drug-likeness (QED) is 0.811. The molecule has 0 bridgehead atoms. The van der Waals surface area contributed by atoms with Crippen molar-refractivity contribution in [1.29, 1.82) is 0 Å². The minimum absolute atomic E-state index is 0.510. The highest BCUT2D eigenvalue weighted by molar-refractivity contribution is 5.39. The second-order valence-electron chi connectivity index (χ2n) is 3.28. The van der Waals surface area contributed by atoms with Gasteiger partial charge in [0.05, 0.1) is 19.3 Å². The van der Waals surface area contributed by atoms with Gasteiger partial charge in [0.25, 0.3) is 0 Å². The Balaban J connectivity index is 2.97. The van der Waals surface area contributed by atoms with E-state index in [2.05, 4.69) is 0 Å². The molecular formula is C12H18O3. The molecule has 0 radical (unpaired) electrons. The van der Waals surface area contributed by atoms with E-state index in [1.165, 1.54) is 0 Å². The van der Waals surface area contributed by atoms with Crippen LogP contribution in [0.5, 0.6) is 11.5 Å². The predicted molar refractivity (Wildman–Crippen MR) is 59.4 cm³/mol. The van der Waals surface area contributed by atoms with Gasteiger partial charge in [-0.25, -0.2) is 0 Å². The highest BCUT2D eigenvalue weighted by atomic mass is 16.5. The predicted octanol–water partition coefficient (Wildman–Crippen LogP) is 2.54. The first kappa shape index (κ1) is 11.9. The molecule has 0 aliphatic heterocycles. The van der Waals surface area contributed by atoms with Gasteiger partial charge in [0.15, 0.2) is 0 Å². The standard InChI is InChI=1S/C12H18O3/c1-4-14-11-6-10(9(3)13)7-12(8-11)15-5-2/h6-9,13H,4-5H2,1-3H3. The first-order chi connectivity index (χ1) is 7.17. The van der Waals surface area contributed by atoms with Gasteiger partial charge in [0, 0.05) is 6.07 Å². The van der Waals surface area contributed by atoms with E-state index in [0.29, 0.717) is 13.2 Å². The van der Waals surface area contributed by atoms with Crippen LogP contribution in [0.4, 0.5) is 0 Å². The van der Waals surface area contributed by atoms with Crippen LogP contribution in [0.15, 0.2) is 18.2 Å². The molecular weight excluding hydrogens is 192 g/mol. The molecule has 84 valence electrons. The molecule has 1 atom stereocenters. The molecule has 0 saturated heterocycles. The third-order valence-corrected chi connectivity index (χ3v) is 2.01. The van der Waals surface area contributed by atoms with Crippen LogP contribution in [0.2, 0.25) is 0 Å². The van der Waals surface area contributed by atoms with Crippen LogP contribution in [0, 0.1) is 0 Å². The largest absolute Gasteiger partial charge is 0.494 e. The summed E-state index contributed by atoms with van der Waals surface area (Å²) in [5.74, 6) is 1.47. The summed E-state index contributed by atoms with van der Waals surface area (Å²) in [6, 6.07) is 5.49. The summed E-state index contributed by atoms with van der Waals surface area (Å²) >= 11 is 0. The van der Waals surface area contributed by atoms with E-state index < -0.39 is 6.10 Å². The van der Waals surface area contributed by atoms with Gasteiger partial charge in [-0.05, 0) is 38.5 Å². The zero-order valence-electron chi connectivity index (χ0n) is 9.49. The molecule has 1 rings (SSSR count). The number of aliphatic hydroxyl groups is 1. The van der Waals surface area contributed by atoms with Crippen molar-refractivity contribution in [2.45, 2.75) is 26.9 Å². The zero-order valence-corrected chi connectivity index (χ0v) is 9.49. The topological polar surface area (TPSA) is 38.7 Å². The van der Waals surface area contributed by atoms with Crippen molar-refractivity contribution < 1.29 is 14.6 Å². The molecule has 3 heteroatoms. The SMILES string of the molecule is CCOc1cc(OCC)cc(C(C)O)c1. The lowest BCUT2D eigenvalue weighted by Gasteiger charge is -2.12. The average Bonchev–Trinajstić information content (AvgIpc) is 2.18. The first-order valence-electron chi connectivity index (χ1n) is 5.26. The lowest BCUT2D eigenvalue weighted by Crippen LogP contribution is -1.98. The molecule has 0 aliphatic rings. The lowest BCUT2D eigenvalue weighted by molar-refractivity contribution is 0.197. The van der Waals surface area contributed by atoms with E-state index in [-0.39, 0.29) is 0 Å². The van der Waals surface area contributed by atoms with Gasteiger partial charge in [-0.2, -0.15) is 0 Å². The van der Waals surface area contributed by atoms with Crippen molar-refractivity contribution in [1.82, 2.24) is 0 Å². The number of hydrogen-bond acceptors (Lipinski definition) is 3. The Labute approximate surface area is 90.6 Å². The van der Waals surface area contributed by atoms with Crippen LogP contribution in [-0.2, 0) is 0 Å². The normalized spacial score (nSPS) is 12.3. The Hall–Kier alpha value is -1.22. The number of aliphatic hydroxyl groups excluding tert-OH is 1. The number of ether oxygens (including phenoxy) is 2. The number of rotatable bonds is 5. The summed E-state index contributed by atoms with van der Waals surface area (Å²) in [6.45, 7) is 6.79. The highest BCUT2D eigenvalue weighted by Gasteiger charge is 2.06. The third kappa shape index (κ3) is 3.44. The molecule has 1 unspecified atom stereocenters. The molecule has 0 saturated carbocycles. The molecule has 0 amide bonds. The number of hydrogen-bond donors (Lipinski definition) is 1. The maximum absolute atomic E-state index is 9.50. The highest BCUT2D eigenvalue weighted by Crippen LogP contribution is 2.26. The smallest absolute Gasteiger partial charge is 0.123 e. The van der Waals surface area contributed by atoms with E-state index in [4.69, 9.17) is 9.47 Å². The van der Waals surface area contributed by atoms with Crippen molar-refractivity contribution >= 4 is 0 Å². The molecule has 0 fully saturated rings. The molecule has 0 spiro atoms. The second-order valence-corrected chi connectivity index (χ2v) is 3.28. The van der Waals surface area contributed by atoms with Crippen LogP contribution < -0.4 is 9.47 Å².